The summed E-state index contributed by atoms with van der Waals surface area (Å²) in [4.78, 5) is 0.187. The predicted molar refractivity (Wildman–Crippen MR) is 76.5 cm³/mol. The molecule has 0 aromatic heterocycles. The second-order valence-electron chi connectivity index (χ2n) is 4.85. The zero-order valence-electron chi connectivity index (χ0n) is 11.2. The van der Waals surface area contributed by atoms with Gasteiger partial charge in [-0.05, 0) is 30.2 Å². The third-order valence-corrected chi connectivity index (χ3v) is 6.98. The number of nitrogens with two attached hydrogens (primary N) is 1. The molecule has 6 nitrogen and oxygen atoms in total. The topological polar surface area (TPSA) is 97.5 Å². The van der Waals surface area contributed by atoms with Crippen molar-refractivity contribution in [2.45, 2.75) is 18.4 Å². The van der Waals surface area contributed by atoms with Crippen molar-refractivity contribution >= 4 is 19.9 Å². The predicted octanol–water partition coefficient (Wildman–Crippen LogP) is -0.127. The number of rotatable bonds is 3. The summed E-state index contributed by atoms with van der Waals surface area (Å²) in [5, 5.41) is 0. The van der Waals surface area contributed by atoms with Crippen LogP contribution in [0.4, 0.5) is 0 Å². The molecule has 0 radical (unpaired) electrons. The summed E-state index contributed by atoms with van der Waals surface area (Å²) in [7, 11) is -6.73. The SMILES string of the molecule is Cc1cc(S(=O)(=O)N2CCS(=O)(=O)CC2)ccc1CN. The molecule has 1 heterocycles. The molecule has 2 N–H and O–H groups in total. The van der Waals surface area contributed by atoms with E-state index >= 15 is 0 Å². The van der Waals surface area contributed by atoms with Crippen LogP contribution < -0.4 is 5.73 Å². The molecule has 0 spiro atoms. The highest BCUT2D eigenvalue weighted by atomic mass is 32.2. The van der Waals surface area contributed by atoms with Gasteiger partial charge in [0, 0.05) is 19.6 Å². The summed E-state index contributed by atoms with van der Waals surface area (Å²) in [6, 6.07) is 4.80. The fraction of sp³-hybridized carbons (Fsp3) is 0.500. The van der Waals surface area contributed by atoms with Gasteiger partial charge in [0.2, 0.25) is 10.0 Å². The van der Waals surface area contributed by atoms with Gasteiger partial charge in [-0.25, -0.2) is 16.8 Å². The minimum Gasteiger partial charge on any atom is -0.326 e. The van der Waals surface area contributed by atoms with Crippen LogP contribution in [0.3, 0.4) is 0 Å². The molecule has 1 aromatic rings. The quantitative estimate of drug-likeness (QED) is 0.837. The highest BCUT2D eigenvalue weighted by Gasteiger charge is 2.31. The van der Waals surface area contributed by atoms with E-state index in [-0.39, 0.29) is 29.5 Å². The van der Waals surface area contributed by atoms with Crippen molar-refractivity contribution in [3.05, 3.63) is 29.3 Å². The summed E-state index contributed by atoms with van der Waals surface area (Å²) < 4.78 is 48.9. The number of benzene rings is 1. The van der Waals surface area contributed by atoms with Gasteiger partial charge in [0.15, 0.2) is 9.84 Å². The molecule has 1 saturated heterocycles. The maximum atomic E-state index is 12.4. The molecular formula is C12H18N2O4S2. The second-order valence-corrected chi connectivity index (χ2v) is 9.09. The second kappa shape index (κ2) is 5.44. The van der Waals surface area contributed by atoms with Crippen LogP contribution in [-0.2, 0) is 26.4 Å². The fourth-order valence-electron chi connectivity index (χ4n) is 2.14. The Kier molecular flexibility index (Phi) is 4.19. The molecular weight excluding hydrogens is 300 g/mol. The van der Waals surface area contributed by atoms with Gasteiger partial charge in [-0.15, -0.1) is 0 Å². The van der Waals surface area contributed by atoms with E-state index in [0.29, 0.717) is 6.54 Å². The third-order valence-electron chi connectivity index (χ3n) is 3.48. The van der Waals surface area contributed by atoms with Crippen molar-refractivity contribution in [2.24, 2.45) is 5.73 Å². The van der Waals surface area contributed by atoms with Gasteiger partial charge in [0.1, 0.15) is 0 Å². The van der Waals surface area contributed by atoms with Crippen molar-refractivity contribution in [3.63, 3.8) is 0 Å². The molecule has 0 atom stereocenters. The maximum absolute atomic E-state index is 12.4. The molecule has 0 aliphatic carbocycles. The average molecular weight is 318 g/mol. The molecule has 1 aliphatic rings. The Labute approximate surface area is 119 Å². The summed E-state index contributed by atoms with van der Waals surface area (Å²) in [5.74, 6) is -0.238. The van der Waals surface area contributed by atoms with Gasteiger partial charge in [-0.1, -0.05) is 6.07 Å². The van der Waals surface area contributed by atoms with E-state index in [1.165, 1.54) is 10.4 Å². The maximum Gasteiger partial charge on any atom is 0.243 e. The normalized spacial score (nSPS) is 19.9. The van der Waals surface area contributed by atoms with Gasteiger partial charge in [-0.2, -0.15) is 4.31 Å². The first-order valence-corrected chi connectivity index (χ1v) is 9.52. The van der Waals surface area contributed by atoms with Crippen LogP contribution in [0.1, 0.15) is 11.1 Å². The van der Waals surface area contributed by atoms with Crippen molar-refractivity contribution < 1.29 is 16.8 Å². The lowest BCUT2D eigenvalue weighted by Crippen LogP contribution is -2.43. The van der Waals surface area contributed by atoms with E-state index in [4.69, 9.17) is 5.73 Å². The number of aryl methyl sites for hydroxylation is 1. The van der Waals surface area contributed by atoms with Crippen LogP contribution in [-0.4, -0.2) is 45.7 Å². The van der Waals surface area contributed by atoms with Crippen LogP contribution >= 0.6 is 0 Å². The summed E-state index contributed by atoms with van der Waals surface area (Å²) in [6.07, 6.45) is 0. The lowest BCUT2D eigenvalue weighted by Gasteiger charge is -2.26. The number of hydrogen-bond acceptors (Lipinski definition) is 5. The largest absolute Gasteiger partial charge is 0.326 e. The summed E-state index contributed by atoms with van der Waals surface area (Å²) >= 11 is 0. The standard InChI is InChI=1S/C12H18N2O4S2/c1-10-8-12(3-2-11(10)9-13)20(17,18)14-4-6-19(15,16)7-5-14/h2-3,8H,4-7,9,13H2,1H3. The zero-order chi connectivity index (χ0) is 15.0. The van der Waals surface area contributed by atoms with E-state index in [2.05, 4.69) is 0 Å². The Hall–Kier alpha value is -0.960. The molecule has 2 rings (SSSR count). The number of hydrogen-bond donors (Lipinski definition) is 1. The van der Waals surface area contributed by atoms with Crippen LogP contribution in [0.25, 0.3) is 0 Å². The van der Waals surface area contributed by atoms with Gasteiger partial charge in [0.25, 0.3) is 0 Å². The lowest BCUT2D eigenvalue weighted by atomic mass is 10.1. The Morgan fingerprint density at radius 2 is 1.85 bits per heavy atom. The van der Waals surface area contributed by atoms with Crippen molar-refractivity contribution in [1.29, 1.82) is 0 Å². The van der Waals surface area contributed by atoms with Crippen LogP contribution in [0.5, 0.6) is 0 Å². The first-order chi connectivity index (χ1) is 9.26. The Bertz CT molecular complexity index is 697. The van der Waals surface area contributed by atoms with Crippen molar-refractivity contribution in [3.8, 4) is 0 Å². The van der Waals surface area contributed by atoms with E-state index < -0.39 is 19.9 Å². The van der Waals surface area contributed by atoms with Crippen LogP contribution in [0.2, 0.25) is 0 Å². The van der Waals surface area contributed by atoms with E-state index in [0.717, 1.165) is 11.1 Å². The van der Waals surface area contributed by atoms with E-state index in [9.17, 15) is 16.8 Å². The molecule has 8 heteroatoms. The Morgan fingerprint density at radius 3 is 2.35 bits per heavy atom. The summed E-state index contributed by atoms with van der Waals surface area (Å²) in [6.45, 7) is 2.20. The first-order valence-electron chi connectivity index (χ1n) is 6.26. The molecule has 1 aromatic carbocycles. The highest BCUT2D eigenvalue weighted by Crippen LogP contribution is 2.21. The highest BCUT2D eigenvalue weighted by molar-refractivity contribution is 7.92. The van der Waals surface area contributed by atoms with Crippen molar-refractivity contribution in [2.75, 3.05) is 24.6 Å². The number of sulfone groups is 1. The smallest absolute Gasteiger partial charge is 0.243 e. The molecule has 20 heavy (non-hydrogen) atoms. The first kappa shape index (κ1) is 15.4. The average Bonchev–Trinajstić information content (AvgIpc) is 2.38. The number of sulfonamides is 1. The fourth-order valence-corrected chi connectivity index (χ4v) is 5.10. The van der Waals surface area contributed by atoms with Gasteiger partial charge in [0.05, 0.1) is 16.4 Å². The Balaban J connectivity index is 2.29. The van der Waals surface area contributed by atoms with E-state index in [1.807, 2.05) is 6.92 Å². The van der Waals surface area contributed by atoms with Crippen molar-refractivity contribution in [1.82, 2.24) is 4.31 Å². The molecule has 1 aliphatic heterocycles. The van der Waals surface area contributed by atoms with Crippen LogP contribution in [0.15, 0.2) is 23.1 Å². The zero-order valence-corrected chi connectivity index (χ0v) is 12.9. The van der Waals surface area contributed by atoms with Gasteiger partial charge in [-0.3, -0.25) is 0 Å². The molecule has 112 valence electrons. The summed E-state index contributed by atoms with van der Waals surface area (Å²) in [5.41, 5.74) is 7.27. The van der Waals surface area contributed by atoms with E-state index in [1.54, 1.807) is 12.1 Å². The molecule has 1 fully saturated rings. The minimum absolute atomic E-state index is 0.0162. The molecule has 0 unspecified atom stereocenters. The lowest BCUT2D eigenvalue weighted by molar-refractivity contribution is 0.430. The molecule has 0 bridgehead atoms. The molecule has 0 amide bonds. The van der Waals surface area contributed by atoms with Gasteiger partial charge >= 0.3 is 0 Å². The molecule has 0 saturated carbocycles. The third kappa shape index (κ3) is 3.03. The minimum atomic E-state index is -3.63. The Morgan fingerprint density at radius 1 is 1.25 bits per heavy atom. The number of nitrogens with zero attached hydrogens (tertiary/aromatic N) is 1. The van der Waals surface area contributed by atoms with Gasteiger partial charge < -0.3 is 5.73 Å². The monoisotopic (exact) mass is 318 g/mol. The van der Waals surface area contributed by atoms with Crippen LogP contribution in [0, 0.1) is 6.92 Å².